The predicted octanol–water partition coefficient (Wildman–Crippen LogP) is 1.69. The number of halogens is 1. The molecular formula is C12H12INO4. The molecule has 1 aromatic rings. The normalized spacial score (nSPS) is 14.3. The van der Waals surface area contributed by atoms with Crippen LogP contribution in [0.2, 0.25) is 0 Å². The van der Waals surface area contributed by atoms with E-state index in [1.165, 1.54) is 11.0 Å². The number of benzene rings is 1. The Labute approximate surface area is 118 Å². The predicted molar refractivity (Wildman–Crippen MR) is 72.5 cm³/mol. The molecule has 2 N–H and O–H groups in total. The van der Waals surface area contributed by atoms with Gasteiger partial charge in [-0.15, -0.1) is 0 Å². The van der Waals surface area contributed by atoms with Gasteiger partial charge in [0, 0.05) is 11.6 Å². The highest BCUT2D eigenvalue weighted by molar-refractivity contribution is 14.1. The van der Waals surface area contributed by atoms with E-state index in [0.717, 1.165) is 12.8 Å². The van der Waals surface area contributed by atoms with Crippen LogP contribution in [0, 0.1) is 3.57 Å². The zero-order valence-corrected chi connectivity index (χ0v) is 11.6. The Kier molecular flexibility index (Phi) is 3.74. The number of carboxylic acid groups (broad SMARTS) is 1. The number of hydrogen-bond donors (Lipinski definition) is 2. The molecule has 1 aliphatic carbocycles. The van der Waals surface area contributed by atoms with Crippen molar-refractivity contribution in [3.05, 3.63) is 27.3 Å². The Morgan fingerprint density at radius 1 is 1.39 bits per heavy atom. The number of aromatic hydroxyl groups is 1. The highest BCUT2D eigenvalue weighted by atomic mass is 127. The van der Waals surface area contributed by atoms with E-state index < -0.39 is 5.97 Å². The van der Waals surface area contributed by atoms with Gasteiger partial charge in [0.25, 0.3) is 5.91 Å². The van der Waals surface area contributed by atoms with Crippen molar-refractivity contribution >= 4 is 34.5 Å². The fourth-order valence-corrected chi connectivity index (χ4v) is 2.05. The third-order valence-electron chi connectivity index (χ3n) is 2.75. The lowest BCUT2D eigenvalue weighted by Crippen LogP contribution is -2.37. The van der Waals surface area contributed by atoms with Crippen LogP contribution in [0.5, 0.6) is 5.75 Å². The number of carbonyl (C=O) groups is 2. The third kappa shape index (κ3) is 2.92. The lowest BCUT2D eigenvalue weighted by Gasteiger charge is -2.20. The fourth-order valence-electron chi connectivity index (χ4n) is 1.71. The van der Waals surface area contributed by atoms with Crippen molar-refractivity contribution in [3.63, 3.8) is 0 Å². The van der Waals surface area contributed by atoms with E-state index in [1.54, 1.807) is 12.1 Å². The zero-order valence-electron chi connectivity index (χ0n) is 9.47. The Bertz CT molecular complexity index is 499. The van der Waals surface area contributed by atoms with E-state index in [-0.39, 0.29) is 24.2 Å². The zero-order chi connectivity index (χ0) is 13.3. The molecule has 0 heterocycles. The second kappa shape index (κ2) is 5.13. The number of rotatable bonds is 4. The SMILES string of the molecule is O=C(O)CN(C(=O)c1ccc(I)c(O)c1)C1CC1. The molecule has 5 nitrogen and oxygen atoms in total. The Morgan fingerprint density at radius 3 is 2.56 bits per heavy atom. The quantitative estimate of drug-likeness (QED) is 0.801. The second-order valence-electron chi connectivity index (χ2n) is 4.22. The van der Waals surface area contributed by atoms with Crippen LogP contribution in [0.25, 0.3) is 0 Å². The molecular weight excluding hydrogens is 349 g/mol. The maximum Gasteiger partial charge on any atom is 0.323 e. The van der Waals surface area contributed by atoms with E-state index in [0.29, 0.717) is 9.13 Å². The van der Waals surface area contributed by atoms with Crippen LogP contribution in [0.4, 0.5) is 0 Å². The average Bonchev–Trinajstić information content (AvgIpc) is 3.12. The van der Waals surface area contributed by atoms with E-state index in [1.807, 2.05) is 22.6 Å². The van der Waals surface area contributed by atoms with E-state index >= 15 is 0 Å². The van der Waals surface area contributed by atoms with Crippen LogP contribution in [-0.2, 0) is 4.79 Å². The molecule has 1 amide bonds. The first-order chi connectivity index (χ1) is 8.49. The van der Waals surface area contributed by atoms with E-state index in [4.69, 9.17) is 5.11 Å². The summed E-state index contributed by atoms with van der Waals surface area (Å²) in [4.78, 5) is 24.3. The summed E-state index contributed by atoms with van der Waals surface area (Å²) in [6.07, 6.45) is 1.69. The topological polar surface area (TPSA) is 77.8 Å². The fraction of sp³-hybridized carbons (Fsp3) is 0.333. The van der Waals surface area contributed by atoms with Gasteiger partial charge < -0.3 is 15.1 Å². The molecule has 1 aromatic carbocycles. The number of hydrogen-bond acceptors (Lipinski definition) is 3. The van der Waals surface area contributed by atoms with E-state index in [2.05, 4.69) is 0 Å². The van der Waals surface area contributed by atoms with Gasteiger partial charge in [-0.05, 0) is 53.6 Å². The van der Waals surface area contributed by atoms with Crippen molar-refractivity contribution in [2.24, 2.45) is 0 Å². The molecule has 0 unspecified atom stereocenters. The standard InChI is InChI=1S/C12H12INO4/c13-9-4-1-7(5-10(9)15)12(18)14(6-11(16)17)8-2-3-8/h1,4-5,8,15H,2-3,6H2,(H,16,17). The maximum atomic E-state index is 12.2. The van der Waals surface area contributed by atoms with E-state index in [9.17, 15) is 14.7 Å². The first-order valence-electron chi connectivity index (χ1n) is 5.50. The minimum atomic E-state index is -1.02. The van der Waals surface area contributed by atoms with Crippen LogP contribution in [0.15, 0.2) is 18.2 Å². The summed E-state index contributed by atoms with van der Waals surface area (Å²) >= 11 is 1.96. The summed E-state index contributed by atoms with van der Waals surface area (Å²) in [5.41, 5.74) is 0.320. The molecule has 0 saturated heterocycles. The molecule has 2 rings (SSSR count). The van der Waals surface area contributed by atoms with Crippen molar-refractivity contribution in [1.82, 2.24) is 4.90 Å². The number of carbonyl (C=O) groups excluding carboxylic acids is 1. The Balaban J connectivity index is 2.21. The minimum Gasteiger partial charge on any atom is -0.507 e. The molecule has 0 aromatic heterocycles. The van der Waals surface area contributed by atoms with Crippen molar-refractivity contribution in [1.29, 1.82) is 0 Å². The molecule has 0 atom stereocenters. The number of phenols is 1. The van der Waals surface area contributed by atoms with Gasteiger partial charge in [0.1, 0.15) is 12.3 Å². The van der Waals surface area contributed by atoms with Crippen LogP contribution >= 0.6 is 22.6 Å². The van der Waals surface area contributed by atoms with Gasteiger partial charge in [-0.1, -0.05) is 0 Å². The van der Waals surface area contributed by atoms with Crippen molar-refractivity contribution in [2.75, 3.05) is 6.54 Å². The molecule has 18 heavy (non-hydrogen) atoms. The van der Waals surface area contributed by atoms with Gasteiger partial charge in [-0.3, -0.25) is 9.59 Å². The first-order valence-corrected chi connectivity index (χ1v) is 6.58. The molecule has 1 saturated carbocycles. The second-order valence-corrected chi connectivity index (χ2v) is 5.39. The molecule has 1 fully saturated rings. The largest absolute Gasteiger partial charge is 0.507 e. The van der Waals surface area contributed by atoms with Crippen LogP contribution in [-0.4, -0.2) is 39.6 Å². The molecule has 0 bridgehead atoms. The number of carboxylic acids is 1. The van der Waals surface area contributed by atoms with Gasteiger partial charge in [0.05, 0.1) is 3.57 Å². The number of phenolic OH excluding ortho intramolecular Hbond substituents is 1. The minimum absolute atomic E-state index is 0.0232. The van der Waals surface area contributed by atoms with Crippen molar-refractivity contribution in [3.8, 4) is 5.75 Å². The van der Waals surface area contributed by atoms with Crippen LogP contribution in [0.3, 0.4) is 0 Å². The van der Waals surface area contributed by atoms with Crippen LogP contribution in [0.1, 0.15) is 23.2 Å². The Morgan fingerprint density at radius 2 is 2.06 bits per heavy atom. The monoisotopic (exact) mass is 361 g/mol. The average molecular weight is 361 g/mol. The number of nitrogens with zero attached hydrogens (tertiary/aromatic N) is 1. The van der Waals surface area contributed by atoms with Gasteiger partial charge in [-0.25, -0.2) is 0 Å². The maximum absolute atomic E-state index is 12.2. The lowest BCUT2D eigenvalue weighted by atomic mass is 10.2. The number of amides is 1. The first kappa shape index (κ1) is 13.1. The van der Waals surface area contributed by atoms with Crippen molar-refractivity contribution in [2.45, 2.75) is 18.9 Å². The van der Waals surface area contributed by atoms with Gasteiger partial charge in [0.15, 0.2) is 0 Å². The molecule has 1 aliphatic rings. The van der Waals surface area contributed by atoms with Crippen LogP contribution < -0.4 is 0 Å². The molecule has 96 valence electrons. The Hall–Kier alpha value is -1.31. The summed E-state index contributed by atoms with van der Waals surface area (Å²) in [6, 6.07) is 4.63. The van der Waals surface area contributed by atoms with Gasteiger partial charge in [0.2, 0.25) is 0 Å². The summed E-state index contributed by atoms with van der Waals surface area (Å²) in [7, 11) is 0. The van der Waals surface area contributed by atoms with Gasteiger partial charge in [-0.2, -0.15) is 0 Å². The lowest BCUT2D eigenvalue weighted by molar-refractivity contribution is -0.137. The van der Waals surface area contributed by atoms with Gasteiger partial charge >= 0.3 is 5.97 Å². The molecule has 0 aliphatic heterocycles. The summed E-state index contributed by atoms with van der Waals surface area (Å²) in [6.45, 7) is -0.295. The van der Waals surface area contributed by atoms with Crippen molar-refractivity contribution < 1.29 is 19.8 Å². The number of aliphatic carboxylic acids is 1. The molecule has 0 radical (unpaired) electrons. The molecule has 0 spiro atoms. The smallest absolute Gasteiger partial charge is 0.323 e. The molecule has 6 heteroatoms. The highest BCUT2D eigenvalue weighted by Gasteiger charge is 2.34. The third-order valence-corrected chi connectivity index (χ3v) is 3.66. The highest BCUT2D eigenvalue weighted by Crippen LogP contribution is 2.29. The summed E-state index contributed by atoms with van der Waals surface area (Å²) in [5, 5.41) is 18.4. The summed E-state index contributed by atoms with van der Waals surface area (Å²) in [5.74, 6) is -1.33. The summed E-state index contributed by atoms with van der Waals surface area (Å²) < 4.78 is 0.653.